The number of nitrogens with zero attached hydrogens (tertiary/aromatic N) is 1. The molecule has 1 amide bonds. The molecule has 0 bridgehead atoms. The van der Waals surface area contributed by atoms with Crippen molar-refractivity contribution in [3.8, 4) is 0 Å². The number of carboxylic acids is 1. The number of hydrogen-bond donors (Lipinski definition) is 2. The van der Waals surface area contributed by atoms with Crippen molar-refractivity contribution < 1.29 is 14.7 Å². The van der Waals surface area contributed by atoms with E-state index in [2.05, 4.69) is 10.3 Å². The lowest BCUT2D eigenvalue weighted by molar-refractivity contribution is -0.141. The van der Waals surface area contributed by atoms with Gasteiger partial charge in [0, 0.05) is 10.8 Å². The molecule has 0 unspecified atom stereocenters. The molecule has 0 spiro atoms. The van der Waals surface area contributed by atoms with Crippen LogP contribution in [0.4, 0.5) is 0 Å². The fourth-order valence-electron chi connectivity index (χ4n) is 2.65. The second-order valence-corrected chi connectivity index (χ2v) is 7.52. The molecule has 2 N–H and O–H groups in total. The Labute approximate surface area is 128 Å². The maximum Gasteiger partial charge on any atom is 0.306 e. The van der Waals surface area contributed by atoms with Gasteiger partial charge in [0.2, 0.25) is 5.91 Å². The van der Waals surface area contributed by atoms with Crippen LogP contribution in [-0.2, 0) is 15.1 Å². The van der Waals surface area contributed by atoms with Crippen molar-refractivity contribution >= 4 is 23.2 Å². The van der Waals surface area contributed by atoms with Crippen molar-refractivity contribution in [2.75, 3.05) is 0 Å². The molecule has 2 atom stereocenters. The normalized spacial score (nSPS) is 22.3. The summed E-state index contributed by atoms with van der Waals surface area (Å²) < 4.78 is 0. The third-order valence-electron chi connectivity index (χ3n) is 4.15. The van der Waals surface area contributed by atoms with E-state index in [0.29, 0.717) is 19.3 Å². The van der Waals surface area contributed by atoms with Crippen molar-refractivity contribution in [1.82, 2.24) is 10.3 Å². The predicted molar refractivity (Wildman–Crippen MR) is 81.2 cm³/mol. The third-order valence-corrected chi connectivity index (χ3v) is 5.55. The molecule has 1 aliphatic carbocycles. The summed E-state index contributed by atoms with van der Waals surface area (Å²) in [6, 6.07) is 0. The molecule has 0 saturated heterocycles. The minimum Gasteiger partial charge on any atom is -0.481 e. The summed E-state index contributed by atoms with van der Waals surface area (Å²) in [4.78, 5) is 29.0. The smallest absolute Gasteiger partial charge is 0.306 e. The Morgan fingerprint density at radius 3 is 2.38 bits per heavy atom. The van der Waals surface area contributed by atoms with Crippen molar-refractivity contribution in [1.29, 1.82) is 0 Å². The first-order valence-electron chi connectivity index (χ1n) is 7.20. The number of carbonyl (C=O) groups is 2. The second kappa shape index (κ2) is 5.75. The zero-order chi connectivity index (χ0) is 15.8. The molecule has 2 rings (SSSR count). The van der Waals surface area contributed by atoms with Gasteiger partial charge in [-0.25, -0.2) is 4.98 Å². The summed E-state index contributed by atoms with van der Waals surface area (Å²) in [7, 11) is 0. The van der Waals surface area contributed by atoms with E-state index in [1.807, 2.05) is 27.7 Å². The van der Waals surface area contributed by atoms with Crippen LogP contribution in [0, 0.1) is 25.7 Å². The molecule has 21 heavy (non-hydrogen) atoms. The SMILES string of the molecule is Cc1nc(C(C)(C)NC(=O)[C@@H]2CC[C@H](C(=O)O)C2)sc1C. The lowest BCUT2D eigenvalue weighted by atomic mass is 10.0. The summed E-state index contributed by atoms with van der Waals surface area (Å²) in [5, 5.41) is 12.9. The number of rotatable bonds is 4. The highest BCUT2D eigenvalue weighted by atomic mass is 32.1. The molecule has 5 nitrogen and oxygen atoms in total. The average Bonchev–Trinajstić information content (AvgIpc) is 2.97. The molecule has 1 fully saturated rings. The predicted octanol–water partition coefficient (Wildman–Crippen LogP) is 2.61. The molecule has 1 aliphatic rings. The molecule has 0 radical (unpaired) electrons. The average molecular weight is 310 g/mol. The summed E-state index contributed by atoms with van der Waals surface area (Å²) in [6.07, 6.45) is 1.67. The van der Waals surface area contributed by atoms with Crippen LogP contribution < -0.4 is 5.32 Å². The van der Waals surface area contributed by atoms with Crippen molar-refractivity contribution in [3.63, 3.8) is 0 Å². The minimum atomic E-state index is -0.796. The molecule has 116 valence electrons. The fraction of sp³-hybridized carbons (Fsp3) is 0.667. The Hall–Kier alpha value is -1.43. The van der Waals surface area contributed by atoms with Gasteiger partial charge >= 0.3 is 5.97 Å². The summed E-state index contributed by atoms with van der Waals surface area (Å²) in [5.41, 5.74) is 0.464. The highest BCUT2D eigenvalue weighted by Gasteiger charge is 2.36. The first-order chi connectivity index (χ1) is 9.70. The molecule has 6 heteroatoms. The van der Waals surface area contributed by atoms with Crippen LogP contribution in [0.2, 0.25) is 0 Å². The van der Waals surface area contributed by atoms with Crippen LogP contribution in [0.15, 0.2) is 0 Å². The zero-order valence-electron chi connectivity index (χ0n) is 12.9. The fourth-order valence-corrected chi connectivity index (χ4v) is 3.62. The van der Waals surface area contributed by atoms with E-state index in [9.17, 15) is 9.59 Å². The van der Waals surface area contributed by atoms with Crippen molar-refractivity contribution in [2.45, 2.75) is 52.5 Å². The Bertz CT molecular complexity index is 546. The largest absolute Gasteiger partial charge is 0.481 e. The van der Waals surface area contributed by atoms with E-state index in [-0.39, 0.29) is 17.7 Å². The number of amides is 1. The lowest BCUT2D eigenvalue weighted by Crippen LogP contribution is -2.43. The number of hydrogen-bond acceptors (Lipinski definition) is 4. The molecular weight excluding hydrogens is 288 g/mol. The minimum absolute atomic E-state index is 0.0609. The molecule has 0 aliphatic heterocycles. The topological polar surface area (TPSA) is 79.3 Å². The Morgan fingerprint density at radius 2 is 1.90 bits per heavy atom. The van der Waals surface area contributed by atoms with Crippen LogP contribution in [0.25, 0.3) is 0 Å². The maximum absolute atomic E-state index is 12.4. The van der Waals surface area contributed by atoms with Gasteiger partial charge in [-0.1, -0.05) is 0 Å². The summed E-state index contributed by atoms with van der Waals surface area (Å²) in [5.74, 6) is -1.44. The number of aryl methyl sites for hydroxylation is 2. The van der Waals surface area contributed by atoms with Crippen LogP contribution in [0.3, 0.4) is 0 Å². The highest BCUT2D eigenvalue weighted by Crippen LogP contribution is 2.33. The van der Waals surface area contributed by atoms with Gasteiger partial charge in [-0.3, -0.25) is 9.59 Å². The van der Waals surface area contributed by atoms with Gasteiger partial charge in [-0.2, -0.15) is 0 Å². The van der Waals surface area contributed by atoms with Gasteiger partial charge in [-0.05, 0) is 47.0 Å². The maximum atomic E-state index is 12.4. The van der Waals surface area contributed by atoms with E-state index in [1.165, 1.54) is 0 Å². The van der Waals surface area contributed by atoms with Gasteiger partial charge in [0.25, 0.3) is 0 Å². The number of carboxylic acid groups (broad SMARTS) is 1. The molecule has 1 aromatic heterocycles. The van der Waals surface area contributed by atoms with E-state index in [4.69, 9.17) is 5.11 Å². The van der Waals surface area contributed by atoms with Crippen molar-refractivity contribution in [3.05, 3.63) is 15.6 Å². The van der Waals surface area contributed by atoms with Crippen LogP contribution in [0.1, 0.15) is 48.7 Å². The lowest BCUT2D eigenvalue weighted by Gasteiger charge is -2.25. The standard InChI is InChI=1S/C15H22N2O3S/c1-8-9(2)21-14(16-8)15(3,4)17-12(18)10-5-6-11(7-10)13(19)20/h10-11H,5-7H2,1-4H3,(H,17,18)(H,19,20)/t10-,11+/m1/s1. The van der Waals surface area contributed by atoms with Gasteiger partial charge in [0.15, 0.2) is 0 Å². The Morgan fingerprint density at radius 1 is 1.29 bits per heavy atom. The van der Waals surface area contributed by atoms with Gasteiger partial charge < -0.3 is 10.4 Å². The second-order valence-electron chi connectivity index (χ2n) is 6.32. The Balaban J connectivity index is 2.03. The number of carbonyl (C=O) groups excluding carboxylic acids is 1. The molecule has 0 aromatic carbocycles. The number of nitrogens with one attached hydrogen (secondary N) is 1. The van der Waals surface area contributed by atoms with E-state index >= 15 is 0 Å². The van der Waals surface area contributed by atoms with E-state index in [1.54, 1.807) is 11.3 Å². The molecule has 1 heterocycles. The number of aliphatic carboxylic acids is 1. The van der Waals surface area contributed by atoms with Crippen molar-refractivity contribution in [2.24, 2.45) is 11.8 Å². The van der Waals surface area contributed by atoms with Gasteiger partial charge in [0.1, 0.15) is 5.01 Å². The molecular formula is C15H22N2O3S. The zero-order valence-corrected chi connectivity index (χ0v) is 13.7. The van der Waals surface area contributed by atoms with E-state index < -0.39 is 11.5 Å². The Kier molecular flexibility index (Phi) is 4.37. The quantitative estimate of drug-likeness (QED) is 0.896. The number of thiazole rings is 1. The monoisotopic (exact) mass is 310 g/mol. The molecule has 1 aromatic rings. The summed E-state index contributed by atoms with van der Waals surface area (Å²) in [6.45, 7) is 7.85. The van der Waals surface area contributed by atoms with Crippen LogP contribution in [-0.4, -0.2) is 22.0 Å². The van der Waals surface area contributed by atoms with Crippen LogP contribution in [0.5, 0.6) is 0 Å². The number of aromatic nitrogens is 1. The first kappa shape index (κ1) is 15.9. The first-order valence-corrected chi connectivity index (χ1v) is 8.01. The summed E-state index contributed by atoms with van der Waals surface area (Å²) >= 11 is 1.59. The van der Waals surface area contributed by atoms with E-state index in [0.717, 1.165) is 15.6 Å². The van der Waals surface area contributed by atoms with Gasteiger partial charge in [-0.15, -0.1) is 11.3 Å². The van der Waals surface area contributed by atoms with Crippen LogP contribution >= 0.6 is 11.3 Å². The highest BCUT2D eigenvalue weighted by molar-refractivity contribution is 7.11. The third kappa shape index (κ3) is 3.43. The van der Waals surface area contributed by atoms with Gasteiger partial charge in [0.05, 0.1) is 17.2 Å². The molecule has 1 saturated carbocycles.